The Bertz CT molecular complexity index is 609. The molecule has 2 unspecified atom stereocenters. The largest absolute Gasteiger partial charge is 0.480 e. The van der Waals surface area contributed by atoms with Crippen LogP contribution in [0.25, 0.3) is 11.1 Å². The molecule has 3 N–H and O–H groups in total. The van der Waals surface area contributed by atoms with Crippen LogP contribution in [0, 0.1) is 0 Å². The minimum absolute atomic E-state index is 0.137. The van der Waals surface area contributed by atoms with Crippen LogP contribution in [-0.2, 0) is 4.79 Å². The molecule has 5 nitrogen and oxygen atoms in total. The Hall–Kier alpha value is -1.53. The van der Waals surface area contributed by atoms with E-state index >= 15 is 0 Å². The fourth-order valence-corrected chi connectivity index (χ4v) is 3.83. The summed E-state index contributed by atoms with van der Waals surface area (Å²) >= 11 is 1.49. The molecule has 1 aliphatic carbocycles. The Kier molecular flexibility index (Phi) is 3.43. The Morgan fingerprint density at radius 2 is 2.30 bits per heavy atom. The number of fused-ring (bicyclic) bond motifs is 1. The number of thioether (sulfide) groups is 1. The number of carboxylic acid groups (broad SMARTS) is 1. The van der Waals surface area contributed by atoms with Crippen molar-refractivity contribution in [2.75, 3.05) is 0 Å². The number of carbonyl (C=O) groups is 1. The number of rotatable bonds is 3. The zero-order valence-corrected chi connectivity index (χ0v) is 11.7. The number of nitrogens with zero attached hydrogens (tertiary/aromatic N) is 1. The van der Waals surface area contributed by atoms with E-state index in [-0.39, 0.29) is 5.25 Å². The lowest BCUT2D eigenvalue weighted by molar-refractivity contribution is -0.144. The van der Waals surface area contributed by atoms with Crippen LogP contribution in [0.5, 0.6) is 0 Å². The number of hydrogen-bond acceptors (Lipinski definition) is 5. The molecular weight excluding hydrogens is 276 g/mol. The number of carboxylic acids is 1. The molecule has 1 heterocycles. The number of oxazole rings is 1. The average molecular weight is 292 g/mol. The third-order valence-electron chi connectivity index (χ3n) is 3.71. The average Bonchev–Trinajstić information content (AvgIpc) is 2.80. The highest BCUT2D eigenvalue weighted by molar-refractivity contribution is 7.99. The Labute approximate surface area is 120 Å². The van der Waals surface area contributed by atoms with E-state index in [4.69, 9.17) is 10.2 Å². The summed E-state index contributed by atoms with van der Waals surface area (Å²) < 4.78 is 5.66. The normalized spacial score (nSPS) is 26.8. The van der Waals surface area contributed by atoms with Gasteiger partial charge in [-0.25, -0.2) is 4.98 Å². The van der Waals surface area contributed by atoms with E-state index in [2.05, 4.69) is 4.98 Å². The molecule has 1 aliphatic rings. The zero-order valence-electron chi connectivity index (χ0n) is 10.9. The summed E-state index contributed by atoms with van der Waals surface area (Å²) in [6.45, 7) is 0. The number of benzene rings is 1. The number of aliphatic carboxylic acids is 1. The third kappa shape index (κ3) is 2.53. The summed E-state index contributed by atoms with van der Waals surface area (Å²) in [4.78, 5) is 15.6. The van der Waals surface area contributed by atoms with E-state index < -0.39 is 11.5 Å². The van der Waals surface area contributed by atoms with Gasteiger partial charge in [0.25, 0.3) is 5.22 Å². The molecular formula is C14H16N2O3S. The molecule has 0 amide bonds. The zero-order chi connectivity index (χ0) is 14.2. The van der Waals surface area contributed by atoms with Crippen LogP contribution < -0.4 is 5.73 Å². The van der Waals surface area contributed by atoms with Gasteiger partial charge in [-0.1, -0.05) is 23.9 Å². The number of aromatic nitrogens is 1. The highest BCUT2D eigenvalue weighted by atomic mass is 32.2. The standard InChI is InChI=1S/C14H16N2O3S/c15-14(12(17)18)7-3-4-9(8-14)20-13-16-10-5-1-2-6-11(10)19-13/h1-2,5-6,9H,3-4,7-8,15H2,(H,17,18). The van der Waals surface area contributed by atoms with Gasteiger partial charge >= 0.3 is 5.97 Å². The van der Waals surface area contributed by atoms with Crippen LogP contribution in [0.4, 0.5) is 0 Å². The first-order valence-corrected chi connectivity index (χ1v) is 7.49. The van der Waals surface area contributed by atoms with Crippen molar-refractivity contribution in [1.29, 1.82) is 0 Å². The molecule has 106 valence electrons. The van der Waals surface area contributed by atoms with E-state index in [9.17, 15) is 9.90 Å². The Balaban J connectivity index is 1.75. The number of hydrogen-bond donors (Lipinski definition) is 2. The van der Waals surface area contributed by atoms with Crippen LogP contribution in [0.15, 0.2) is 33.9 Å². The summed E-state index contributed by atoms with van der Waals surface area (Å²) in [5, 5.41) is 9.95. The fourth-order valence-electron chi connectivity index (χ4n) is 2.59. The van der Waals surface area contributed by atoms with Gasteiger partial charge in [-0.05, 0) is 37.8 Å². The maximum Gasteiger partial charge on any atom is 0.323 e. The molecule has 6 heteroatoms. The van der Waals surface area contributed by atoms with Crippen molar-refractivity contribution in [3.63, 3.8) is 0 Å². The molecule has 1 aromatic heterocycles. The van der Waals surface area contributed by atoms with E-state index in [1.165, 1.54) is 11.8 Å². The molecule has 0 aliphatic heterocycles. The first-order valence-electron chi connectivity index (χ1n) is 6.61. The lowest BCUT2D eigenvalue weighted by atomic mass is 9.82. The number of para-hydroxylation sites is 2. The predicted molar refractivity (Wildman–Crippen MR) is 76.7 cm³/mol. The van der Waals surface area contributed by atoms with E-state index in [1.807, 2.05) is 24.3 Å². The van der Waals surface area contributed by atoms with E-state index in [0.717, 1.165) is 23.9 Å². The summed E-state index contributed by atoms with van der Waals surface area (Å²) in [5.74, 6) is -0.916. The van der Waals surface area contributed by atoms with Crippen molar-refractivity contribution >= 4 is 28.8 Å². The molecule has 1 aromatic carbocycles. The van der Waals surface area contributed by atoms with Gasteiger partial charge in [0.15, 0.2) is 5.58 Å². The van der Waals surface area contributed by atoms with Gasteiger partial charge < -0.3 is 15.3 Å². The monoisotopic (exact) mass is 292 g/mol. The lowest BCUT2D eigenvalue weighted by Gasteiger charge is -2.33. The van der Waals surface area contributed by atoms with Gasteiger partial charge in [0.05, 0.1) is 0 Å². The highest BCUT2D eigenvalue weighted by Crippen LogP contribution is 2.37. The molecule has 2 atom stereocenters. The first-order chi connectivity index (χ1) is 9.57. The van der Waals surface area contributed by atoms with Gasteiger partial charge in [-0.15, -0.1) is 0 Å². The van der Waals surface area contributed by atoms with Crippen LogP contribution in [0.2, 0.25) is 0 Å². The van der Waals surface area contributed by atoms with Crippen molar-refractivity contribution in [3.8, 4) is 0 Å². The van der Waals surface area contributed by atoms with Gasteiger partial charge in [0.1, 0.15) is 11.1 Å². The molecule has 0 radical (unpaired) electrons. The van der Waals surface area contributed by atoms with Crippen molar-refractivity contribution in [1.82, 2.24) is 4.98 Å². The molecule has 1 saturated carbocycles. The molecule has 0 spiro atoms. The molecule has 3 rings (SSSR count). The van der Waals surface area contributed by atoms with Crippen LogP contribution >= 0.6 is 11.8 Å². The smallest absolute Gasteiger partial charge is 0.323 e. The van der Waals surface area contributed by atoms with Crippen molar-refractivity contribution in [3.05, 3.63) is 24.3 Å². The molecule has 2 aromatic rings. The maximum absolute atomic E-state index is 11.2. The van der Waals surface area contributed by atoms with Crippen molar-refractivity contribution < 1.29 is 14.3 Å². The predicted octanol–water partition coefficient (Wildman–Crippen LogP) is 2.64. The van der Waals surface area contributed by atoms with Gasteiger partial charge in [0.2, 0.25) is 0 Å². The topological polar surface area (TPSA) is 89.4 Å². The van der Waals surface area contributed by atoms with Gasteiger partial charge in [-0.3, -0.25) is 4.79 Å². The third-order valence-corrected chi connectivity index (χ3v) is 4.82. The second-order valence-electron chi connectivity index (χ2n) is 5.25. The minimum atomic E-state index is -1.11. The van der Waals surface area contributed by atoms with Crippen LogP contribution in [-0.4, -0.2) is 26.8 Å². The van der Waals surface area contributed by atoms with Crippen LogP contribution in [0.3, 0.4) is 0 Å². The quantitative estimate of drug-likeness (QED) is 0.904. The van der Waals surface area contributed by atoms with E-state index in [1.54, 1.807) is 0 Å². The Morgan fingerprint density at radius 1 is 1.50 bits per heavy atom. The summed E-state index contributed by atoms with van der Waals surface area (Å²) in [5.41, 5.74) is 6.42. The second kappa shape index (κ2) is 5.10. The molecule has 0 saturated heterocycles. The first kappa shape index (κ1) is 13.5. The van der Waals surface area contributed by atoms with Gasteiger partial charge in [0, 0.05) is 5.25 Å². The molecule has 20 heavy (non-hydrogen) atoms. The fraction of sp³-hybridized carbons (Fsp3) is 0.429. The maximum atomic E-state index is 11.2. The summed E-state index contributed by atoms with van der Waals surface area (Å²) in [6.07, 6.45) is 2.75. The SMILES string of the molecule is NC1(C(=O)O)CCCC(Sc2nc3ccccc3o2)C1. The summed E-state index contributed by atoms with van der Waals surface area (Å²) in [6, 6.07) is 7.58. The summed E-state index contributed by atoms with van der Waals surface area (Å²) in [7, 11) is 0. The lowest BCUT2D eigenvalue weighted by Crippen LogP contribution is -2.51. The van der Waals surface area contributed by atoms with Crippen molar-refractivity contribution in [2.24, 2.45) is 5.73 Å². The van der Waals surface area contributed by atoms with Gasteiger partial charge in [-0.2, -0.15) is 0 Å². The second-order valence-corrected chi connectivity index (χ2v) is 6.50. The number of nitrogens with two attached hydrogens (primary N) is 1. The molecule has 0 bridgehead atoms. The van der Waals surface area contributed by atoms with E-state index in [0.29, 0.717) is 18.1 Å². The van der Waals surface area contributed by atoms with Crippen LogP contribution in [0.1, 0.15) is 25.7 Å². The Morgan fingerprint density at radius 3 is 3.05 bits per heavy atom. The molecule has 1 fully saturated rings. The van der Waals surface area contributed by atoms with Crippen molar-refractivity contribution in [2.45, 2.75) is 41.7 Å². The highest BCUT2D eigenvalue weighted by Gasteiger charge is 2.40. The minimum Gasteiger partial charge on any atom is -0.480 e.